The molecule has 3 rings (SSSR count). The highest BCUT2D eigenvalue weighted by Gasteiger charge is 2.31. The molecule has 5 heteroatoms. The highest BCUT2D eigenvalue weighted by Crippen LogP contribution is 2.34. The first-order valence-corrected chi connectivity index (χ1v) is 7.82. The number of rotatable bonds is 5. The molecule has 0 aliphatic carbocycles. The Morgan fingerprint density at radius 2 is 2.15 bits per heavy atom. The van der Waals surface area contributed by atoms with Gasteiger partial charge in [-0.1, -0.05) is 0 Å². The zero-order valence-corrected chi connectivity index (χ0v) is 12.3. The minimum atomic E-state index is 0.211. The van der Waals surface area contributed by atoms with E-state index in [0.29, 0.717) is 12.0 Å². The molecule has 1 aromatic rings. The Kier molecular flexibility index (Phi) is 4.70. The molecule has 2 atom stereocenters. The van der Waals surface area contributed by atoms with E-state index in [1.807, 2.05) is 10.9 Å². The molecule has 2 aliphatic rings. The van der Waals surface area contributed by atoms with Crippen molar-refractivity contribution in [1.82, 2.24) is 15.1 Å². The van der Waals surface area contributed by atoms with Crippen LogP contribution in [0.15, 0.2) is 12.4 Å². The molecule has 20 heavy (non-hydrogen) atoms. The van der Waals surface area contributed by atoms with Crippen molar-refractivity contribution in [1.29, 1.82) is 0 Å². The Balaban J connectivity index is 1.54. The molecule has 0 saturated carbocycles. The molecule has 2 saturated heterocycles. The first-order chi connectivity index (χ1) is 9.86. The molecule has 1 N–H and O–H groups in total. The molecule has 1 aromatic heterocycles. The molecule has 112 valence electrons. The molecule has 0 radical (unpaired) electrons. The lowest BCUT2D eigenvalue weighted by Crippen LogP contribution is -2.38. The Hall–Kier alpha value is -0.910. The van der Waals surface area contributed by atoms with Gasteiger partial charge in [-0.15, -0.1) is 0 Å². The van der Waals surface area contributed by atoms with E-state index >= 15 is 0 Å². The van der Waals surface area contributed by atoms with Crippen LogP contribution >= 0.6 is 0 Å². The second kappa shape index (κ2) is 6.70. The van der Waals surface area contributed by atoms with Crippen LogP contribution < -0.4 is 5.32 Å². The van der Waals surface area contributed by atoms with Gasteiger partial charge in [0, 0.05) is 56.6 Å². The van der Waals surface area contributed by atoms with Crippen LogP contribution in [-0.4, -0.2) is 42.2 Å². The summed E-state index contributed by atoms with van der Waals surface area (Å²) >= 11 is 0. The van der Waals surface area contributed by atoms with Crippen LogP contribution in [0.3, 0.4) is 0 Å². The van der Waals surface area contributed by atoms with E-state index < -0.39 is 0 Å². The first kappa shape index (κ1) is 14.0. The van der Waals surface area contributed by atoms with Crippen molar-refractivity contribution in [3.8, 4) is 0 Å². The lowest BCUT2D eigenvalue weighted by Gasteiger charge is -2.26. The van der Waals surface area contributed by atoms with Crippen LogP contribution in [-0.2, 0) is 16.0 Å². The maximum Gasteiger partial charge on any atom is 0.0896 e. The predicted molar refractivity (Wildman–Crippen MR) is 76.5 cm³/mol. The van der Waals surface area contributed by atoms with Crippen molar-refractivity contribution in [2.45, 2.75) is 44.9 Å². The summed E-state index contributed by atoms with van der Waals surface area (Å²) in [6, 6.07) is 0.614. The van der Waals surface area contributed by atoms with Crippen molar-refractivity contribution in [3.63, 3.8) is 0 Å². The average molecular weight is 279 g/mol. The van der Waals surface area contributed by atoms with Crippen molar-refractivity contribution in [2.24, 2.45) is 5.92 Å². The summed E-state index contributed by atoms with van der Waals surface area (Å²) in [7, 11) is 0. The lowest BCUT2D eigenvalue weighted by atomic mass is 9.96. The highest BCUT2D eigenvalue weighted by atomic mass is 16.5. The summed E-state index contributed by atoms with van der Waals surface area (Å²) in [5, 5.41) is 8.06. The molecule has 5 nitrogen and oxygen atoms in total. The number of ether oxygens (including phenoxy) is 2. The Labute approximate surface area is 120 Å². The van der Waals surface area contributed by atoms with Gasteiger partial charge in [0.05, 0.1) is 12.3 Å². The van der Waals surface area contributed by atoms with Gasteiger partial charge in [0.15, 0.2) is 0 Å². The molecule has 0 spiro atoms. The van der Waals surface area contributed by atoms with Gasteiger partial charge >= 0.3 is 0 Å². The Morgan fingerprint density at radius 3 is 2.90 bits per heavy atom. The fourth-order valence-electron chi connectivity index (χ4n) is 3.13. The van der Waals surface area contributed by atoms with Gasteiger partial charge in [0.25, 0.3) is 0 Å². The molecule has 0 aromatic carbocycles. The van der Waals surface area contributed by atoms with E-state index in [2.05, 4.69) is 23.5 Å². The molecular formula is C15H25N3O2. The third-order valence-electron chi connectivity index (χ3n) is 4.41. The van der Waals surface area contributed by atoms with Gasteiger partial charge < -0.3 is 14.8 Å². The molecular weight excluding hydrogens is 254 g/mol. The lowest BCUT2D eigenvalue weighted by molar-refractivity contribution is 0.0702. The van der Waals surface area contributed by atoms with E-state index in [1.165, 1.54) is 5.56 Å². The van der Waals surface area contributed by atoms with Crippen LogP contribution in [0.4, 0.5) is 0 Å². The van der Waals surface area contributed by atoms with Gasteiger partial charge in [-0.2, -0.15) is 5.10 Å². The van der Waals surface area contributed by atoms with Gasteiger partial charge in [-0.25, -0.2) is 0 Å². The van der Waals surface area contributed by atoms with Crippen LogP contribution in [0.5, 0.6) is 0 Å². The van der Waals surface area contributed by atoms with E-state index in [0.717, 1.165) is 52.2 Å². The Morgan fingerprint density at radius 1 is 1.30 bits per heavy atom. The van der Waals surface area contributed by atoms with Gasteiger partial charge in [0.1, 0.15) is 0 Å². The van der Waals surface area contributed by atoms with Crippen LogP contribution in [0.25, 0.3) is 0 Å². The third-order valence-corrected chi connectivity index (χ3v) is 4.41. The number of hydrogen-bond acceptors (Lipinski definition) is 4. The van der Waals surface area contributed by atoms with Crippen LogP contribution in [0, 0.1) is 5.92 Å². The smallest absolute Gasteiger partial charge is 0.0896 e. The third kappa shape index (κ3) is 3.22. The first-order valence-electron chi connectivity index (χ1n) is 7.82. The predicted octanol–water partition coefficient (Wildman–Crippen LogP) is 1.75. The fourth-order valence-corrected chi connectivity index (χ4v) is 3.13. The topological polar surface area (TPSA) is 48.3 Å². The van der Waals surface area contributed by atoms with Gasteiger partial charge in [0.2, 0.25) is 0 Å². The minimum absolute atomic E-state index is 0.211. The average Bonchev–Trinajstić information content (AvgIpc) is 3.14. The SMILES string of the molecule is CCn1cc(C2OCCC2CNC2CCOCC2)cn1. The van der Waals surface area contributed by atoms with Crippen molar-refractivity contribution >= 4 is 0 Å². The molecule has 2 fully saturated rings. The molecule has 0 amide bonds. The standard InChI is InChI=1S/C15H25N3O2/c1-2-18-11-13(10-17-18)15-12(3-8-20-15)9-16-14-4-6-19-7-5-14/h10-12,14-16H,2-9H2,1H3. The summed E-state index contributed by atoms with van der Waals surface area (Å²) < 4.78 is 13.3. The van der Waals surface area contributed by atoms with E-state index in [9.17, 15) is 0 Å². The number of nitrogens with one attached hydrogen (secondary N) is 1. The number of nitrogens with zero attached hydrogens (tertiary/aromatic N) is 2. The van der Waals surface area contributed by atoms with Crippen molar-refractivity contribution < 1.29 is 9.47 Å². The van der Waals surface area contributed by atoms with E-state index in [1.54, 1.807) is 0 Å². The number of aryl methyl sites for hydroxylation is 1. The number of hydrogen-bond donors (Lipinski definition) is 1. The number of aromatic nitrogens is 2. The summed E-state index contributed by atoms with van der Waals surface area (Å²) in [4.78, 5) is 0. The normalized spacial score (nSPS) is 28.1. The molecule has 2 unspecified atom stereocenters. The minimum Gasteiger partial charge on any atom is -0.381 e. The van der Waals surface area contributed by atoms with E-state index in [-0.39, 0.29) is 6.10 Å². The maximum absolute atomic E-state index is 5.93. The summed E-state index contributed by atoms with van der Waals surface area (Å²) in [5.74, 6) is 0.562. The van der Waals surface area contributed by atoms with Crippen LogP contribution in [0.2, 0.25) is 0 Å². The summed E-state index contributed by atoms with van der Waals surface area (Å²) in [6.07, 6.45) is 7.69. The molecule has 3 heterocycles. The summed E-state index contributed by atoms with van der Waals surface area (Å²) in [5.41, 5.74) is 1.23. The Bertz CT molecular complexity index is 415. The zero-order valence-electron chi connectivity index (χ0n) is 12.3. The second-order valence-corrected chi connectivity index (χ2v) is 5.76. The zero-order chi connectivity index (χ0) is 13.8. The summed E-state index contributed by atoms with van der Waals surface area (Å²) in [6.45, 7) is 6.71. The van der Waals surface area contributed by atoms with E-state index in [4.69, 9.17) is 9.47 Å². The molecule has 2 aliphatic heterocycles. The van der Waals surface area contributed by atoms with Crippen LogP contribution in [0.1, 0.15) is 37.9 Å². The highest BCUT2D eigenvalue weighted by molar-refractivity contribution is 5.11. The quantitative estimate of drug-likeness (QED) is 0.892. The maximum atomic E-state index is 5.93. The van der Waals surface area contributed by atoms with Crippen molar-refractivity contribution in [2.75, 3.05) is 26.4 Å². The molecule has 0 bridgehead atoms. The monoisotopic (exact) mass is 279 g/mol. The van der Waals surface area contributed by atoms with Crippen molar-refractivity contribution in [3.05, 3.63) is 18.0 Å². The van der Waals surface area contributed by atoms with Gasteiger partial charge in [-0.05, 0) is 26.2 Å². The second-order valence-electron chi connectivity index (χ2n) is 5.76. The fraction of sp³-hybridized carbons (Fsp3) is 0.800. The largest absolute Gasteiger partial charge is 0.381 e. The van der Waals surface area contributed by atoms with Gasteiger partial charge in [-0.3, -0.25) is 4.68 Å².